The Bertz CT molecular complexity index is 679. The fourth-order valence-corrected chi connectivity index (χ4v) is 3.86. The predicted molar refractivity (Wildman–Crippen MR) is 135 cm³/mol. The van der Waals surface area contributed by atoms with Crippen molar-refractivity contribution in [3.8, 4) is 11.8 Å². The lowest BCUT2D eigenvalue weighted by atomic mass is 10.1. The Balaban J connectivity index is 1.93. The molecule has 1 rings (SSSR count). The summed E-state index contributed by atoms with van der Waals surface area (Å²) in [5, 5.41) is 30.3. The first-order valence-electron chi connectivity index (χ1n) is 12.9. The lowest BCUT2D eigenvalue weighted by Gasteiger charge is -2.16. The SMILES string of the molecule is N#CCCCCCCCC/C=C\CCCCCCCC(=O)N[C@@H](CO)Cc1ccc(O)cc1. The smallest absolute Gasteiger partial charge is 0.220 e. The molecule has 1 aromatic rings. The number of hydrogen-bond donors (Lipinski definition) is 3. The van der Waals surface area contributed by atoms with Crippen LogP contribution in [0.15, 0.2) is 36.4 Å². The number of rotatable bonds is 20. The predicted octanol–water partition coefficient (Wildman–Crippen LogP) is 6.34. The van der Waals surface area contributed by atoms with E-state index in [0.29, 0.717) is 19.3 Å². The first-order valence-corrected chi connectivity index (χ1v) is 12.9. The maximum Gasteiger partial charge on any atom is 0.220 e. The zero-order valence-corrected chi connectivity index (χ0v) is 20.3. The van der Waals surface area contributed by atoms with Crippen molar-refractivity contribution in [2.24, 2.45) is 0 Å². The van der Waals surface area contributed by atoms with Crippen LogP contribution in [-0.2, 0) is 11.2 Å². The summed E-state index contributed by atoms with van der Waals surface area (Å²) < 4.78 is 0. The fourth-order valence-electron chi connectivity index (χ4n) is 3.86. The highest BCUT2D eigenvalue weighted by atomic mass is 16.3. The first-order chi connectivity index (χ1) is 16.2. The number of nitrogens with zero attached hydrogens (tertiary/aromatic N) is 1. The number of carbonyl (C=O) groups is 1. The molecule has 0 saturated heterocycles. The van der Waals surface area contributed by atoms with Gasteiger partial charge in [0.15, 0.2) is 0 Å². The summed E-state index contributed by atoms with van der Waals surface area (Å²) in [6.45, 7) is -0.0938. The Kier molecular flexibility index (Phi) is 17.7. The molecule has 5 heteroatoms. The van der Waals surface area contributed by atoms with E-state index in [-0.39, 0.29) is 24.3 Å². The van der Waals surface area contributed by atoms with Crippen LogP contribution in [0, 0.1) is 11.3 Å². The second-order valence-corrected chi connectivity index (χ2v) is 8.91. The number of hydrogen-bond acceptors (Lipinski definition) is 4. The highest BCUT2D eigenvalue weighted by molar-refractivity contribution is 5.76. The summed E-state index contributed by atoms with van der Waals surface area (Å²) in [7, 11) is 0. The van der Waals surface area contributed by atoms with Crippen molar-refractivity contribution >= 4 is 5.91 Å². The monoisotopic (exact) mass is 456 g/mol. The fraction of sp³-hybridized carbons (Fsp3) is 0.643. The van der Waals surface area contributed by atoms with Crippen molar-refractivity contribution < 1.29 is 15.0 Å². The second-order valence-electron chi connectivity index (χ2n) is 8.91. The largest absolute Gasteiger partial charge is 0.508 e. The molecule has 0 aliphatic rings. The third-order valence-electron chi connectivity index (χ3n) is 5.85. The van der Waals surface area contributed by atoms with Gasteiger partial charge in [-0.05, 0) is 62.6 Å². The molecular formula is C28H44N2O3. The van der Waals surface area contributed by atoms with Crippen molar-refractivity contribution in [2.75, 3.05) is 6.61 Å². The van der Waals surface area contributed by atoms with Gasteiger partial charge in [-0.3, -0.25) is 4.79 Å². The Morgan fingerprint density at radius 3 is 2.00 bits per heavy atom. The van der Waals surface area contributed by atoms with Gasteiger partial charge in [0.1, 0.15) is 5.75 Å². The summed E-state index contributed by atoms with van der Waals surface area (Å²) in [6, 6.07) is 8.76. The number of unbranched alkanes of at least 4 members (excludes halogenated alkanes) is 12. The summed E-state index contributed by atoms with van der Waals surface area (Å²) in [4.78, 5) is 12.1. The van der Waals surface area contributed by atoms with Crippen LogP contribution >= 0.6 is 0 Å². The summed E-state index contributed by atoms with van der Waals surface area (Å²) in [6.07, 6.45) is 21.6. The van der Waals surface area contributed by atoms with Gasteiger partial charge < -0.3 is 15.5 Å². The van der Waals surface area contributed by atoms with Crippen LogP contribution in [0.5, 0.6) is 5.75 Å². The summed E-state index contributed by atoms with van der Waals surface area (Å²) in [5.74, 6) is 0.212. The van der Waals surface area contributed by atoms with Crippen molar-refractivity contribution in [1.82, 2.24) is 5.32 Å². The van der Waals surface area contributed by atoms with Gasteiger partial charge in [0, 0.05) is 12.8 Å². The lowest BCUT2D eigenvalue weighted by Crippen LogP contribution is -2.38. The number of phenols is 1. The number of nitriles is 1. The normalized spacial score (nSPS) is 12.0. The topological polar surface area (TPSA) is 93.4 Å². The molecule has 0 fully saturated rings. The second kappa shape index (κ2) is 20.3. The van der Waals surface area contributed by atoms with Crippen LogP contribution in [0.1, 0.15) is 102 Å². The van der Waals surface area contributed by atoms with Crippen LogP contribution in [0.3, 0.4) is 0 Å². The van der Waals surface area contributed by atoms with Crippen molar-refractivity contribution in [3.05, 3.63) is 42.0 Å². The Morgan fingerprint density at radius 1 is 0.879 bits per heavy atom. The molecule has 0 aromatic heterocycles. The van der Waals surface area contributed by atoms with Crippen molar-refractivity contribution in [3.63, 3.8) is 0 Å². The standard InChI is InChI=1S/C28H44N2O3/c29-22-16-14-12-10-8-6-4-2-1-3-5-7-9-11-13-15-17-28(33)30-26(24-31)23-25-18-20-27(32)21-19-25/h1,3,18-21,26,31-32H,2,4-17,23-24H2,(H,30,33)/b3-1-/t26-/m1/s1. The van der Waals surface area contributed by atoms with Crippen LogP contribution in [0.25, 0.3) is 0 Å². The maximum absolute atomic E-state index is 12.1. The van der Waals surface area contributed by atoms with E-state index < -0.39 is 0 Å². The number of allylic oxidation sites excluding steroid dienone is 2. The van der Waals surface area contributed by atoms with Crippen LogP contribution in [-0.4, -0.2) is 28.8 Å². The van der Waals surface area contributed by atoms with Crippen LogP contribution in [0.4, 0.5) is 0 Å². The first kappa shape index (κ1) is 28.7. The summed E-state index contributed by atoms with van der Waals surface area (Å²) >= 11 is 0. The number of aromatic hydroxyl groups is 1. The molecule has 3 N–H and O–H groups in total. The number of amides is 1. The van der Waals surface area contributed by atoms with E-state index in [4.69, 9.17) is 5.26 Å². The van der Waals surface area contributed by atoms with Crippen LogP contribution < -0.4 is 5.32 Å². The van der Waals surface area contributed by atoms with Gasteiger partial charge >= 0.3 is 0 Å². The maximum atomic E-state index is 12.1. The minimum Gasteiger partial charge on any atom is -0.508 e. The molecule has 0 bridgehead atoms. The molecule has 0 radical (unpaired) electrons. The Hall–Kier alpha value is -2.32. The van der Waals surface area contributed by atoms with E-state index in [1.807, 2.05) is 12.1 Å². The van der Waals surface area contributed by atoms with Gasteiger partial charge in [0.05, 0.1) is 18.7 Å². The molecule has 0 aliphatic carbocycles. The minimum absolute atomic E-state index is 0.00192. The highest BCUT2D eigenvalue weighted by Gasteiger charge is 2.12. The average molecular weight is 457 g/mol. The molecule has 0 saturated carbocycles. The van der Waals surface area contributed by atoms with Crippen molar-refractivity contribution in [1.29, 1.82) is 5.26 Å². The van der Waals surface area contributed by atoms with E-state index in [1.54, 1.807) is 12.1 Å². The number of benzene rings is 1. The Morgan fingerprint density at radius 2 is 1.42 bits per heavy atom. The lowest BCUT2D eigenvalue weighted by molar-refractivity contribution is -0.122. The van der Waals surface area contributed by atoms with E-state index in [0.717, 1.165) is 37.7 Å². The molecule has 0 unspecified atom stereocenters. The zero-order chi connectivity index (χ0) is 24.0. The van der Waals surface area contributed by atoms with Crippen molar-refractivity contribution in [2.45, 2.75) is 109 Å². The third kappa shape index (κ3) is 16.9. The molecule has 1 amide bonds. The average Bonchev–Trinajstić information content (AvgIpc) is 2.82. The van der Waals surface area contributed by atoms with E-state index >= 15 is 0 Å². The molecule has 184 valence electrons. The minimum atomic E-state index is -0.289. The number of carbonyl (C=O) groups excluding carboxylic acids is 1. The van der Waals surface area contributed by atoms with Gasteiger partial charge in [-0.15, -0.1) is 0 Å². The molecule has 1 atom stereocenters. The van der Waals surface area contributed by atoms with E-state index in [1.165, 1.54) is 51.4 Å². The van der Waals surface area contributed by atoms with E-state index in [2.05, 4.69) is 23.5 Å². The van der Waals surface area contributed by atoms with Gasteiger partial charge in [0.25, 0.3) is 0 Å². The third-order valence-corrected chi connectivity index (χ3v) is 5.85. The number of aliphatic hydroxyl groups excluding tert-OH is 1. The summed E-state index contributed by atoms with van der Waals surface area (Å²) in [5.41, 5.74) is 0.976. The van der Waals surface area contributed by atoms with Gasteiger partial charge in [-0.2, -0.15) is 5.26 Å². The van der Waals surface area contributed by atoms with E-state index in [9.17, 15) is 15.0 Å². The van der Waals surface area contributed by atoms with Gasteiger partial charge in [0.2, 0.25) is 5.91 Å². The molecular weight excluding hydrogens is 412 g/mol. The number of phenolic OH excluding ortho intramolecular Hbond substituents is 1. The molecule has 0 spiro atoms. The molecule has 0 aliphatic heterocycles. The van der Waals surface area contributed by atoms with Crippen LogP contribution in [0.2, 0.25) is 0 Å². The zero-order valence-electron chi connectivity index (χ0n) is 20.3. The molecule has 33 heavy (non-hydrogen) atoms. The Labute approximate surface area is 200 Å². The quantitative estimate of drug-likeness (QED) is 0.158. The number of aliphatic hydroxyl groups is 1. The molecule has 1 aromatic carbocycles. The molecule has 5 nitrogen and oxygen atoms in total. The van der Waals surface area contributed by atoms with Gasteiger partial charge in [-0.1, -0.05) is 69.2 Å². The molecule has 0 heterocycles. The highest BCUT2D eigenvalue weighted by Crippen LogP contribution is 2.12. The number of nitrogens with one attached hydrogen (secondary N) is 1. The van der Waals surface area contributed by atoms with Gasteiger partial charge in [-0.25, -0.2) is 0 Å².